The van der Waals surface area contributed by atoms with Gasteiger partial charge < -0.3 is 34.6 Å². The van der Waals surface area contributed by atoms with Crippen molar-refractivity contribution in [1.82, 2.24) is 4.90 Å². The lowest BCUT2D eigenvalue weighted by molar-refractivity contribution is -0.0900. The van der Waals surface area contributed by atoms with Crippen LogP contribution < -0.4 is 0 Å². The van der Waals surface area contributed by atoms with Crippen molar-refractivity contribution in [1.29, 1.82) is 0 Å². The van der Waals surface area contributed by atoms with Crippen molar-refractivity contribution in [2.75, 3.05) is 33.3 Å². The van der Waals surface area contributed by atoms with Gasteiger partial charge in [0, 0.05) is 14.2 Å². The van der Waals surface area contributed by atoms with E-state index in [-0.39, 0.29) is 17.7 Å². The number of hydrogen-bond acceptors (Lipinski definition) is 11. The summed E-state index contributed by atoms with van der Waals surface area (Å²) in [5, 5.41) is 42.6. The van der Waals surface area contributed by atoms with E-state index in [4.69, 9.17) is 46.4 Å². The van der Waals surface area contributed by atoms with Crippen molar-refractivity contribution in [3.63, 3.8) is 0 Å². The Hall–Kier alpha value is -0.920. The molecule has 5 N–H and O–H groups in total. The van der Waals surface area contributed by atoms with E-state index < -0.39 is 37.2 Å². The highest BCUT2D eigenvalue weighted by Gasteiger charge is 2.36. The Morgan fingerprint density at radius 1 is 1.00 bits per heavy atom. The number of hydrogen-bond donors (Lipinski definition) is 5. The fourth-order valence-corrected chi connectivity index (χ4v) is 4.82. The number of benzene rings is 1. The minimum absolute atomic E-state index is 0.130. The minimum atomic E-state index is -2.48. The van der Waals surface area contributed by atoms with E-state index in [9.17, 15) is 9.59 Å². The molecule has 0 aromatic heterocycles. The summed E-state index contributed by atoms with van der Waals surface area (Å²) in [7, 11) is 2.92. The number of nitrogens with zero attached hydrogens (tertiary/aromatic N) is 1. The quantitative estimate of drug-likeness (QED) is 0.236. The molecule has 0 fully saturated rings. The van der Waals surface area contributed by atoms with E-state index in [1.165, 1.54) is 14.2 Å². The third-order valence-electron chi connectivity index (χ3n) is 3.83. The molecule has 3 atom stereocenters. The topological polar surface area (TPSA) is 157 Å². The van der Waals surface area contributed by atoms with Crippen LogP contribution in [0.3, 0.4) is 0 Å². The molecule has 164 valence electrons. The highest BCUT2D eigenvalue weighted by molar-refractivity contribution is 8.67. The Morgan fingerprint density at radius 2 is 1.41 bits per heavy atom. The first-order valence-electron chi connectivity index (χ1n) is 8.22. The maximum Gasteiger partial charge on any atom is 0.262 e. The van der Waals surface area contributed by atoms with Gasteiger partial charge in [0.2, 0.25) is 5.69 Å². The number of fused-ring (bicyclic) bond motifs is 1. The third kappa shape index (κ3) is 6.79. The van der Waals surface area contributed by atoms with E-state index in [1.54, 1.807) is 24.3 Å². The molecular formula is C16H24NO9PS2. The predicted molar refractivity (Wildman–Crippen MR) is 110 cm³/mol. The summed E-state index contributed by atoms with van der Waals surface area (Å²) < 4.78 is 10.2. The third-order valence-corrected chi connectivity index (χ3v) is 9.45. The number of carbonyl (C=O) groups is 2. The van der Waals surface area contributed by atoms with Gasteiger partial charge in [-0.05, 0) is 35.3 Å². The molecule has 0 bridgehead atoms. The average molecular weight is 469 g/mol. The van der Waals surface area contributed by atoms with Gasteiger partial charge >= 0.3 is 0 Å². The second-order valence-corrected chi connectivity index (χ2v) is 12.1. The van der Waals surface area contributed by atoms with E-state index >= 15 is 0 Å². The van der Waals surface area contributed by atoms with Crippen molar-refractivity contribution < 1.29 is 44.2 Å². The first kappa shape index (κ1) is 26.1. The Kier molecular flexibility index (Phi) is 10.9. The number of aliphatic hydroxyl groups is 5. The molecule has 10 nitrogen and oxygen atoms in total. The van der Waals surface area contributed by atoms with Crippen LogP contribution >= 0.6 is 17.1 Å². The SMILES string of the molecule is COP(=S)(OC)SCN1C(=O)c2ccccc2C1=O.OC[C@@H](O)C(O)[C@@H](O)CO. The van der Waals surface area contributed by atoms with Crippen LogP contribution in [-0.2, 0) is 20.9 Å². The number of aliphatic hydroxyl groups excluding tert-OH is 5. The maximum atomic E-state index is 12.1. The van der Waals surface area contributed by atoms with Crippen LogP contribution in [0.4, 0.5) is 0 Å². The van der Waals surface area contributed by atoms with Gasteiger partial charge in [-0.3, -0.25) is 14.5 Å². The molecule has 1 aromatic rings. The number of carbonyl (C=O) groups excluding carboxylic acids is 2. The van der Waals surface area contributed by atoms with Gasteiger partial charge in [-0.2, -0.15) is 0 Å². The van der Waals surface area contributed by atoms with E-state index in [1.807, 2.05) is 0 Å². The molecule has 0 aliphatic carbocycles. The second-order valence-electron chi connectivity index (χ2n) is 5.64. The van der Waals surface area contributed by atoms with Gasteiger partial charge in [0.15, 0.2) is 0 Å². The molecule has 0 saturated heterocycles. The highest BCUT2D eigenvalue weighted by atomic mass is 32.9. The first-order chi connectivity index (χ1) is 13.7. The second kappa shape index (κ2) is 12.1. The average Bonchev–Trinajstić information content (AvgIpc) is 3.00. The van der Waals surface area contributed by atoms with Crippen LogP contribution in [-0.4, -0.2) is 93.9 Å². The number of amides is 2. The van der Waals surface area contributed by atoms with E-state index in [2.05, 4.69) is 0 Å². The molecule has 0 saturated carbocycles. The largest absolute Gasteiger partial charge is 0.394 e. The Morgan fingerprint density at radius 3 is 1.76 bits per heavy atom. The molecular weight excluding hydrogens is 445 g/mol. The summed E-state index contributed by atoms with van der Waals surface area (Å²) in [6.45, 7) is -1.28. The van der Waals surface area contributed by atoms with Crippen LogP contribution in [0.2, 0.25) is 0 Å². The molecule has 1 aliphatic heterocycles. The van der Waals surface area contributed by atoms with Gasteiger partial charge in [-0.1, -0.05) is 12.1 Å². The monoisotopic (exact) mass is 469 g/mol. The molecule has 1 aliphatic rings. The van der Waals surface area contributed by atoms with Crippen LogP contribution in [0.25, 0.3) is 0 Å². The lowest BCUT2D eigenvalue weighted by Gasteiger charge is -2.20. The summed E-state index contributed by atoms with van der Waals surface area (Å²) in [6.07, 6.45) is -4.29. The lowest BCUT2D eigenvalue weighted by Crippen LogP contribution is -2.41. The molecule has 1 heterocycles. The molecule has 1 aromatic carbocycles. The van der Waals surface area contributed by atoms with Gasteiger partial charge in [-0.15, -0.1) is 0 Å². The van der Waals surface area contributed by atoms with Crippen LogP contribution in [0.15, 0.2) is 24.3 Å². The molecule has 13 heteroatoms. The normalized spacial score (nSPS) is 16.7. The maximum absolute atomic E-state index is 12.1. The van der Waals surface area contributed by atoms with Gasteiger partial charge in [0.1, 0.15) is 18.3 Å². The fraction of sp³-hybridized carbons (Fsp3) is 0.500. The summed E-state index contributed by atoms with van der Waals surface area (Å²) in [5.41, 5.74) is -1.62. The van der Waals surface area contributed by atoms with E-state index in [0.717, 1.165) is 16.3 Å². The lowest BCUT2D eigenvalue weighted by atomic mass is 10.1. The zero-order valence-electron chi connectivity index (χ0n) is 15.7. The van der Waals surface area contributed by atoms with Crippen molar-refractivity contribution in [2.45, 2.75) is 18.3 Å². The Labute approximate surface area is 177 Å². The van der Waals surface area contributed by atoms with Gasteiger partial charge in [0.25, 0.3) is 11.8 Å². The zero-order chi connectivity index (χ0) is 22.2. The number of rotatable bonds is 9. The summed E-state index contributed by atoms with van der Waals surface area (Å²) in [4.78, 5) is 25.3. The smallest absolute Gasteiger partial charge is 0.262 e. The Bertz CT molecular complexity index is 698. The van der Waals surface area contributed by atoms with Crippen molar-refractivity contribution >= 4 is 40.7 Å². The number of imide groups is 1. The predicted octanol–water partition coefficient (Wildman–Crippen LogP) is -0.456. The van der Waals surface area contributed by atoms with Crippen molar-refractivity contribution in [3.05, 3.63) is 35.4 Å². The van der Waals surface area contributed by atoms with Crippen LogP contribution in [0.1, 0.15) is 20.7 Å². The molecule has 29 heavy (non-hydrogen) atoms. The Balaban J connectivity index is 0.000000359. The molecule has 2 amide bonds. The van der Waals surface area contributed by atoms with Gasteiger partial charge in [-0.25, -0.2) is 0 Å². The molecule has 0 spiro atoms. The minimum Gasteiger partial charge on any atom is -0.394 e. The summed E-state index contributed by atoms with van der Waals surface area (Å²) in [5.74, 6) is -0.477. The summed E-state index contributed by atoms with van der Waals surface area (Å²) in [6, 6.07) is 6.75. The standard InChI is InChI=1S/C11H12NO4PS2.C5H12O5/c1-15-17(18,16-2)19-7-12-10(13)8-5-3-4-6-9(8)11(12)14;6-1-3(8)5(10)4(9)2-7/h3-6H,7H2,1-2H3;3-10H,1-2H2/t;3-,4+,5?. The van der Waals surface area contributed by atoms with Crippen molar-refractivity contribution in [3.8, 4) is 0 Å². The first-order valence-corrected chi connectivity index (χ1v) is 12.5. The zero-order valence-corrected chi connectivity index (χ0v) is 18.3. The van der Waals surface area contributed by atoms with Crippen LogP contribution in [0, 0.1) is 0 Å². The van der Waals surface area contributed by atoms with E-state index in [0.29, 0.717) is 11.1 Å². The fourth-order valence-electron chi connectivity index (χ4n) is 2.14. The van der Waals surface area contributed by atoms with Crippen molar-refractivity contribution in [2.24, 2.45) is 0 Å². The van der Waals surface area contributed by atoms with Crippen LogP contribution in [0.5, 0.6) is 0 Å². The van der Waals surface area contributed by atoms with Gasteiger partial charge in [0.05, 0.1) is 30.2 Å². The highest BCUT2D eigenvalue weighted by Crippen LogP contribution is 2.60. The molecule has 0 radical (unpaired) electrons. The molecule has 1 unspecified atom stereocenters. The molecule has 2 rings (SSSR count). The summed E-state index contributed by atoms with van der Waals surface area (Å²) >= 11 is 6.35.